The van der Waals surface area contributed by atoms with Gasteiger partial charge in [0, 0.05) is 11.7 Å². The smallest absolute Gasteiger partial charge is 0.249 e. The van der Waals surface area contributed by atoms with E-state index >= 15 is 0 Å². The lowest BCUT2D eigenvalue weighted by molar-refractivity contribution is -0.127. The second-order valence-electron chi connectivity index (χ2n) is 9.65. The Morgan fingerprint density at radius 2 is 1.82 bits per heavy atom. The molecule has 1 aromatic heterocycles. The first-order valence-corrected chi connectivity index (χ1v) is 13.2. The molecule has 2 amide bonds. The maximum Gasteiger partial charge on any atom is 0.249 e. The molecule has 0 spiro atoms. The number of aromatic nitrogens is 3. The van der Waals surface area contributed by atoms with Gasteiger partial charge in [0.1, 0.15) is 23.9 Å². The van der Waals surface area contributed by atoms with Crippen LogP contribution in [-0.2, 0) is 22.6 Å². The Bertz CT molecular complexity index is 1430. The van der Waals surface area contributed by atoms with E-state index in [1.54, 1.807) is 16.7 Å². The minimum absolute atomic E-state index is 0.0598. The van der Waals surface area contributed by atoms with Crippen LogP contribution in [0.3, 0.4) is 0 Å². The Balaban J connectivity index is 1.61. The van der Waals surface area contributed by atoms with Crippen molar-refractivity contribution >= 4 is 28.5 Å². The number of hydrogen-bond donors (Lipinski definition) is 1. The van der Waals surface area contributed by atoms with E-state index in [1.807, 2.05) is 79.7 Å². The average Bonchev–Trinajstić information content (AvgIpc) is 3.61. The van der Waals surface area contributed by atoms with Crippen molar-refractivity contribution in [2.45, 2.75) is 57.7 Å². The molecule has 1 aliphatic carbocycles. The third kappa shape index (κ3) is 5.25. The zero-order valence-corrected chi connectivity index (χ0v) is 21.8. The molecule has 3 aromatic carbocycles. The first-order valence-electron chi connectivity index (χ1n) is 13.2. The molecule has 1 N–H and O–H groups in total. The van der Waals surface area contributed by atoms with Crippen molar-refractivity contribution in [2.75, 3.05) is 12.0 Å². The van der Waals surface area contributed by atoms with Crippen molar-refractivity contribution in [2.24, 2.45) is 0 Å². The molecule has 4 aromatic rings. The van der Waals surface area contributed by atoms with Gasteiger partial charge in [0.2, 0.25) is 11.8 Å². The van der Waals surface area contributed by atoms with Gasteiger partial charge >= 0.3 is 0 Å². The van der Waals surface area contributed by atoms with Crippen LogP contribution in [0.15, 0.2) is 72.8 Å². The van der Waals surface area contributed by atoms with Gasteiger partial charge in [-0.05, 0) is 60.7 Å². The van der Waals surface area contributed by atoms with Crippen LogP contribution in [0.2, 0.25) is 0 Å². The summed E-state index contributed by atoms with van der Waals surface area (Å²) in [4.78, 5) is 29.9. The number of carbonyl (C=O) groups excluding carboxylic acids is 2. The third-order valence-electron chi connectivity index (χ3n) is 7.22. The van der Waals surface area contributed by atoms with Gasteiger partial charge in [0.25, 0.3) is 0 Å². The highest BCUT2D eigenvalue weighted by atomic mass is 16.5. The summed E-state index contributed by atoms with van der Waals surface area (Å²) in [6.07, 6.45) is 4.79. The molecule has 0 aliphatic heterocycles. The molecule has 0 radical (unpaired) electrons. The highest BCUT2D eigenvalue weighted by molar-refractivity contribution is 6.02. The maximum absolute atomic E-state index is 14.3. The Labute approximate surface area is 222 Å². The molecule has 196 valence electrons. The number of anilines is 1. The average molecular weight is 512 g/mol. The molecular weight excluding hydrogens is 478 g/mol. The van der Waals surface area contributed by atoms with Gasteiger partial charge < -0.3 is 10.1 Å². The largest absolute Gasteiger partial charge is 0.497 e. The summed E-state index contributed by atoms with van der Waals surface area (Å²) in [6, 6.07) is 21.9. The predicted octanol–water partition coefficient (Wildman–Crippen LogP) is 4.84. The highest BCUT2D eigenvalue weighted by Gasteiger charge is 2.35. The minimum Gasteiger partial charge on any atom is -0.497 e. The fourth-order valence-electron chi connectivity index (χ4n) is 5.28. The Morgan fingerprint density at radius 3 is 2.61 bits per heavy atom. The van der Waals surface area contributed by atoms with Crippen LogP contribution in [-0.4, -0.2) is 40.0 Å². The number of ether oxygens (including phenoxy) is 1. The molecule has 8 heteroatoms. The monoisotopic (exact) mass is 511 g/mol. The van der Waals surface area contributed by atoms with Crippen molar-refractivity contribution in [1.29, 1.82) is 0 Å². The number of fused-ring (bicyclic) bond motifs is 1. The standard InChI is InChI=1S/C30H33N5O3/c1-3-21-11-4-8-17-26(21)35(28(36)20-34-27-18-9-7-16-25(27)32-33-34)29(22-12-10-15-24(19-22)38-2)30(37)31-23-13-5-6-14-23/h4,7-12,15-19,23,29H,3,5-6,13-14,20H2,1-2H3,(H,31,37)/t29-/m1/s1. The summed E-state index contributed by atoms with van der Waals surface area (Å²) in [5, 5.41) is 11.7. The van der Waals surface area contributed by atoms with Crippen molar-refractivity contribution in [3.63, 3.8) is 0 Å². The van der Waals surface area contributed by atoms with E-state index < -0.39 is 6.04 Å². The number of carbonyl (C=O) groups is 2. The van der Waals surface area contributed by atoms with Gasteiger partial charge in [-0.25, -0.2) is 4.68 Å². The van der Waals surface area contributed by atoms with Crippen LogP contribution >= 0.6 is 0 Å². The zero-order chi connectivity index (χ0) is 26.5. The minimum atomic E-state index is -0.888. The summed E-state index contributed by atoms with van der Waals surface area (Å²) in [5.74, 6) is 0.170. The van der Waals surface area contributed by atoms with Crippen molar-refractivity contribution in [1.82, 2.24) is 20.3 Å². The first-order chi connectivity index (χ1) is 18.6. The van der Waals surface area contributed by atoms with Crippen LogP contribution in [0.5, 0.6) is 5.75 Å². The Kier molecular flexibility index (Phi) is 7.67. The van der Waals surface area contributed by atoms with Gasteiger partial charge in [0.15, 0.2) is 0 Å². The number of nitrogens with one attached hydrogen (secondary N) is 1. The molecule has 1 aliphatic rings. The Hall–Kier alpha value is -4.20. The summed E-state index contributed by atoms with van der Waals surface area (Å²) in [6.45, 7) is 1.99. The van der Waals surface area contributed by atoms with Crippen LogP contribution in [0.4, 0.5) is 5.69 Å². The fourth-order valence-corrected chi connectivity index (χ4v) is 5.28. The van der Waals surface area contributed by atoms with E-state index in [9.17, 15) is 9.59 Å². The summed E-state index contributed by atoms with van der Waals surface area (Å²) in [7, 11) is 1.60. The van der Waals surface area contributed by atoms with Gasteiger partial charge in [0.05, 0.1) is 12.6 Å². The van der Waals surface area contributed by atoms with E-state index in [0.29, 0.717) is 28.9 Å². The summed E-state index contributed by atoms with van der Waals surface area (Å²) < 4.78 is 7.08. The molecule has 0 unspecified atom stereocenters. The number of nitrogens with zero attached hydrogens (tertiary/aromatic N) is 4. The second kappa shape index (κ2) is 11.5. The second-order valence-corrected chi connectivity index (χ2v) is 9.65. The maximum atomic E-state index is 14.3. The normalized spacial score (nSPS) is 14.4. The van der Waals surface area contributed by atoms with Crippen LogP contribution in [0.1, 0.15) is 49.8 Å². The van der Waals surface area contributed by atoms with E-state index in [1.165, 1.54) is 0 Å². The zero-order valence-electron chi connectivity index (χ0n) is 21.8. The van der Waals surface area contributed by atoms with Crippen molar-refractivity contribution in [3.8, 4) is 5.75 Å². The number of aryl methyl sites for hydroxylation is 1. The molecule has 1 fully saturated rings. The topological polar surface area (TPSA) is 89.4 Å². The number of amides is 2. The number of benzene rings is 3. The van der Waals surface area contributed by atoms with E-state index in [-0.39, 0.29) is 24.4 Å². The molecular formula is C30H33N5O3. The van der Waals surface area contributed by atoms with Crippen LogP contribution < -0.4 is 15.0 Å². The van der Waals surface area contributed by atoms with E-state index in [2.05, 4.69) is 15.6 Å². The summed E-state index contributed by atoms with van der Waals surface area (Å²) >= 11 is 0. The molecule has 0 bridgehead atoms. The van der Waals surface area contributed by atoms with Gasteiger partial charge in [-0.2, -0.15) is 0 Å². The molecule has 1 heterocycles. The molecule has 1 atom stereocenters. The lowest BCUT2D eigenvalue weighted by Crippen LogP contribution is -2.47. The van der Waals surface area contributed by atoms with Crippen molar-refractivity contribution in [3.05, 3.63) is 83.9 Å². The molecule has 38 heavy (non-hydrogen) atoms. The summed E-state index contributed by atoms with van der Waals surface area (Å²) in [5.41, 5.74) is 3.84. The van der Waals surface area contributed by atoms with Gasteiger partial charge in [-0.3, -0.25) is 14.5 Å². The Morgan fingerprint density at radius 1 is 1.05 bits per heavy atom. The lowest BCUT2D eigenvalue weighted by atomic mass is 10.00. The number of methoxy groups -OCH3 is 1. The lowest BCUT2D eigenvalue weighted by Gasteiger charge is -2.33. The van der Waals surface area contributed by atoms with Crippen molar-refractivity contribution < 1.29 is 14.3 Å². The number of para-hydroxylation sites is 2. The quantitative estimate of drug-likeness (QED) is 0.348. The first kappa shape index (κ1) is 25.4. The van der Waals surface area contributed by atoms with Crippen LogP contribution in [0, 0.1) is 0 Å². The molecule has 8 nitrogen and oxygen atoms in total. The van der Waals surface area contributed by atoms with Crippen LogP contribution in [0.25, 0.3) is 11.0 Å². The number of hydrogen-bond acceptors (Lipinski definition) is 5. The van der Waals surface area contributed by atoms with Gasteiger partial charge in [-0.1, -0.05) is 67.4 Å². The highest BCUT2D eigenvalue weighted by Crippen LogP contribution is 2.33. The number of rotatable bonds is 9. The molecule has 1 saturated carbocycles. The molecule has 5 rings (SSSR count). The van der Waals surface area contributed by atoms with E-state index in [0.717, 1.165) is 36.8 Å². The third-order valence-corrected chi connectivity index (χ3v) is 7.22. The van der Waals surface area contributed by atoms with Gasteiger partial charge in [-0.15, -0.1) is 5.10 Å². The SMILES string of the molecule is CCc1ccccc1N(C(=O)Cn1nnc2ccccc21)[C@@H](C(=O)NC1CCCC1)c1cccc(OC)c1. The fraction of sp³-hybridized carbons (Fsp3) is 0.333. The molecule has 0 saturated heterocycles. The predicted molar refractivity (Wildman–Crippen MR) is 147 cm³/mol. The van der Waals surface area contributed by atoms with E-state index in [4.69, 9.17) is 4.74 Å².